The lowest BCUT2D eigenvalue weighted by atomic mass is 10.1. The normalized spacial score (nSPS) is 17.2. The Kier molecular flexibility index (Phi) is 3.83. The molecule has 1 amide bonds. The van der Waals surface area contributed by atoms with Crippen molar-refractivity contribution >= 4 is 5.91 Å². The van der Waals surface area contributed by atoms with Crippen molar-refractivity contribution in [1.82, 2.24) is 19.7 Å². The smallest absolute Gasteiger partial charge is 0.257 e. The predicted molar refractivity (Wildman–Crippen MR) is 90.8 cm³/mol. The molecule has 4 rings (SSSR count). The molecule has 0 aliphatic carbocycles. The van der Waals surface area contributed by atoms with Gasteiger partial charge < -0.3 is 4.90 Å². The Bertz CT molecular complexity index is 829. The van der Waals surface area contributed by atoms with Crippen LogP contribution in [0.25, 0.3) is 5.69 Å². The summed E-state index contributed by atoms with van der Waals surface area (Å²) in [4.78, 5) is 18.9. The molecule has 0 saturated carbocycles. The van der Waals surface area contributed by atoms with Crippen molar-refractivity contribution in [3.63, 3.8) is 0 Å². The highest BCUT2D eigenvalue weighted by atomic mass is 16.2. The minimum Gasteiger partial charge on any atom is -0.332 e. The van der Waals surface area contributed by atoms with E-state index in [2.05, 4.69) is 10.1 Å². The lowest BCUT2D eigenvalue weighted by Gasteiger charge is -2.24. The molecule has 1 fully saturated rings. The van der Waals surface area contributed by atoms with Crippen LogP contribution in [-0.4, -0.2) is 32.1 Å². The van der Waals surface area contributed by atoms with Gasteiger partial charge in [0, 0.05) is 25.1 Å². The van der Waals surface area contributed by atoms with Gasteiger partial charge in [-0.05, 0) is 42.7 Å². The number of likely N-dealkylation sites (tertiary alicyclic amines) is 1. The maximum Gasteiger partial charge on any atom is 0.257 e. The summed E-state index contributed by atoms with van der Waals surface area (Å²) in [5.41, 5.74) is 2.72. The molecule has 5 heteroatoms. The van der Waals surface area contributed by atoms with E-state index >= 15 is 0 Å². The predicted octanol–water partition coefficient (Wildman–Crippen LogP) is 3.24. The van der Waals surface area contributed by atoms with Crippen molar-refractivity contribution in [3.8, 4) is 5.69 Å². The quantitative estimate of drug-likeness (QED) is 0.745. The first-order valence-electron chi connectivity index (χ1n) is 8.14. The van der Waals surface area contributed by atoms with Gasteiger partial charge in [0.2, 0.25) is 0 Å². The largest absolute Gasteiger partial charge is 0.332 e. The van der Waals surface area contributed by atoms with Crippen LogP contribution in [-0.2, 0) is 0 Å². The Morgan fingerprint density at radius 2 is 1.88 bits per heavy atom. The maximum atomic E-state index is 12.9. The number of pyridine rings is 1. The molecule has 0 N–H and O–H groups in total. The topological polar surface area (TPSA) is 51.0 Å². The van der Waals surface area contributed by atoms with Crippen LogP contribution in [0.15, 0.2) is 67.3 Å². The lowest BCUT2D eigenvalue weighted by molar-refractivity contribution is 0.0735. The van der Waals surface area contributed by atoms with Crippen LogP contribution in [0, 0.1) is 0 Å². The van der Waals surface area contributed by atoms with Gasteiger partial charge in [-0.3, -0.25) is 9.78 Å². The molecule has 1 saturated heterocycles. The highest BCUT2D eigenvalue weighted by Gasteiger charge is 2.31. The zero-order valence-electron chi connectivity index (χ0n) is 13.2. The highest BCUT2D eigenvalue weighted by molar-refractivity contribution is 5.94. The zero-order chi connectivity index (χ0) is 16.4. The highest BCUT2D eigenvalue weighted by Crippen LogP contribution is 2.32. The summed E-state index contributed by atoms with van der Waals surface area (Å²) < 4.78 is 1.74. The van der Waals surface area contributed by atoms with Crippen LogP contribution in [0.4, 0.5) is 0 Å². The van der Waals surface area contributed by atoms with Crippen molar-refractivity contribution in [2.75, 3.05) is 6.54 Å². The van der Waals surface area contributed by atoms with E-state index in [0.29, 0.717) is 5.56 Å². The van der Waals surface area contributed by atoms with E-state index in [4.69, 9.17) is 0 Å². The first kappa shape index (κ1) is 14.6. The van der Waals surface area contributed by atoms with E-state index in [9.17, 15) is 4.79 Å². The minimum atomic E-state index is 0.0384. The molecular formula is C19H18N4O. The molecule has 1 aliphatic rings. The number of carbonyl (C=O) groups is 1. The van der Waals surface area contributed by atoms with Gasteiger partial charge in [0.05, 0.1) is 23.5 Å². The number of carbonyl (C=O) groups excluding carboxylic acids is 1. The molecule has 24 heavy (non-hydrogen) atoms. The number of rotatable bonds is 3. The summed E-state index contributed by atoms with van der Waals surface area (Å²) in [5, 5.41) is 4.34. The van der Waals surface area contributed by atoms with Crippen LogP contribution < -0.4 is 0 Å². The second kappa shape index (κ2) is 6.28. The Morgan fingerprint density at radius 3 is 2.67 bits per heavy atom. The number of nitrogens with zero attached hydrogens (tertiary/aromatic N) is 4. The maximum absolute atomic E-state index is 12.9. The zero-order valence-corrected chi connectivity index (χ0v) is 13.2. The summed E-state index contributed by atoms with van der Waals surface area (Å²) in [6, 6.07) is 13.9. The van der Waals surface area contributed by atoms with Gasteiger partial charge in [0.15, 0.2) is 0 Å². The molecule has 1 unspecified atom stereocenters. The Morgan fingerprint density at radius 1 is 1.08 bits per heavy atom. The lowest BCUT2D eigenvalue weighted by Crippen LogP contribution is -2.30. The molecule has 0 bridgehead atoms. The van der Waals surface area contributed by atoms with Crippen molar-refractivity contribution in [3.05, 3.63) is 78.4 Å². The summed E-state index contributed by atoms with van der Waals surface area (Å²) in [6.07, 6.45) is 9.03. The number of amides is 1. The number of hydrogen-bond acceptors (Lipinski definition) is 3. The van der Waals surface area contributed by atoms with E-state index in [0.717, 1.165) is 30.6 Å². The van der Waals surface area contributed by atoms with Gasteiger partial charge in [-0.25, -0.2) is 4.68 Å². The van der Waals surface area contributed by atoms with E-state index < -0.39 is 0 Å². The molecule has 3 heterocycles. The Balaban J connectivity index is 1.58. The average Bonchev–Trinajstić information content (AvgIpc) is 3.32. The molecule has 120 valence electrons. The van der Waals surface area contributed by atoms with E-state index in [1.807, 2.05) is 47.4 Å². The summed E-state index contributed by atoms with van der Waals surface area (Å²) in [6.45, 7) is 0.780. The molecule has 1 atom stereocenters. The number of aromatic nitrogens is 3. The third kappa shape index (κ3) is 2.69. The van der Waals surface area contributed by atoms with Crippen LogP contribution in [0.1, 0.15) is 34.8 Å². The average molecular weight is 318 g/mol. The monoisotopic (exact) mass is 318 g/mol. The van der Waals surface area contributed by atoms with Gasteiger partial charge in [-0.1, -0.05) is 18.2 Å². The molecule has 1 aliphatic heterocycles. The molecule has 0 spiro atoms. The number of benzene rings is 1. The van der Waals surface area contributed by atoms with Gasteiger partial charge in [-0.2, -0.15) is 5.10 Å². The van der Waals surface area contributed by atoms with Gasteiger partial charge in [0.1, 0.15) is 0 Å². The SMILES string of the molecule is O=C(c1cnn(-c2ccccc2)c1)N1CCCC1c1ccncc1. The summed E-state index contributed by atoms with van der Waals surface area (Å²) in [5.74, 6) is 0.0384. The first-order valence-corrected chi connectivity index (χ1v) is 8.14. The second-order valence-corrected chi connectivity index (χ2v) is 5.95. The third-order valence-corrected chi connectivity index (χ3v) is 4.45. The third-order valence-electron chi connectivity index (χ3n) is 4.45. The van der Waals surface area contributed by atoms with Crippen molar-refractivity contribution in [2.45, 2.75) is 18.9 Å². The van der Waals surface area contributed by atoms with E-state index in [1.165, 1.54) is 0 Å². The minimum absolute atomic E-state index is 0.0384. The molecular weight excluding hydrogens is 300 g/mol. The first-order chi connectivity index (χ1) is 11.8. The van der Waals surface area contributed by atoms with Gasteiger partial charge in [-0.15, -0.1) is 0 Å². The van der Waals surface area contributed by atoms with Crippen molar-refractivity contribution < 1.29 is 4.79 Å². The summed E-state index contributed by atoms with van der Waals surface area (Å²) in [7, 11) is 0. The molecule has 2 aromatic heterocycles. The van der Waals surface area contributed by atoms with Gasteiger partial charge in [0.25, 0.3) is 5.91 Å². The molecule has 1 aromatic carbocycles. The fourth-order valence-electron chi connectivity index (χ4n) is 3.26. The fourth-order valence-corrected chi connectivity index (χ4v) is 3.26. The van der Waals surface area contributed by atoms with Crippen LogP contribution >= 0.6 is 0 Å². The van der Waals surface area contributed by atoms with E-state index in [-0.39, 0.29) is 11.9 Å². The molecule has 5 nitrogen and oxygen atoms in total. The van der Waals surface area contributed by atoms with Crippen molar-refractivity contribution in [2.24, 2.45) is 0 Å². The molecule has 3 aromatic rings. The second-order valence-electron chi connectivity index (χ2n) is 5.95. The van der Waals surface area contributed by atoms with Crippen molar-refractivity contribution in [1.29, 1.82) is 0 Å². The Hall–Kier alpha value is -2.95. The number of para-hydroxylation sites is 1. The van der Waals surface area contributed by atoms with Crippen LogP contribution in [0.2, 0.25) is 0 Å². The van der Waals surface area contributed by atoms with Crippen LogP contribution in [0.5, 0.6) is 0 Å². The fraction of sp³-hybridized carbons (Fsp3) is 0.211. The van der Waals surface area contributed by atoms with E-state index in [1.54, 1.807) is 29.5 Å². The molecule has 0 radical (unpaired) electrons. The Labute approximate surface area is 140 Å². The van der Waals surface area contributed by atoms with Crippen LogP contribution in [0.3, 0.4) is 0 Å². The standard InChI is InChI=1S/C19H18N4O/c24-19(16-13-21-23(14-16)17-5-2-1-3-6-17)22-12-4-7-18(22)15-8-10-20-11-9-15/h1-3,5-6,8-11,13-14,18H,4,7,12H2. The van der Waals surface area contributed by atoms with Gasteiger partial charge >= 0.3 is 0 Å². The summed E-state index contributed by atoms with van der Waals surface area (Å²) >= 11 is 0. The number of hydrogen-bond donors (Lipinski definition) is 0.